The van der Waals surface area contributed by atoms with Gasteiger partial charge in [0.25, 0.3) is 11.7 Å². The van der Waals surface area contributed by atoms with Gasteiger partial charge >= 0.3 is 0 Å². The van der Waals surface area contributed by atoms with E-state index in [0.717, 1.165) is 25.2 Å². The third-order valence-corrected chi connectivity index (χ3v) is 5.88. The maximum atomic E-state index is 13.0. The van der Waals surface area contributed by atoms with Crippen molar-refractivity contribution in [2.75, 3.05) is 33.3 Å². The van der Waals surface area contributed by atoms with Crippen LogP contribution in [0.1, 0.15) is 37.4 Å². The highest BCUT2D eigenvalue weighted by molar-refractivity contribution is 6.46. The van der Waals surface area contributed by atoms with Crippen molar-refractivity contribution in [3.8, 4) is 11.5 Å². The van der Waals surface area contributed by atoms with Crippen molar-refractivity contribution in [2.45, 2.75) is 26.3 Å². The molecule has 7 heteroatoms. The first-order chi connectivity index (χ1) is 15.4. The van der Waals surface area contributed by atoms with Gasteiger partial charge < -0.3 is 24.7 Å². The first-order valence-corrected chi connectivity index (χ1v) is 10.9. The Kier molecular flexibility index (Phi) is 7.53. The molecule has 1 atom stereocenters. The highest BCUT2D eigenvalue weighted by atomic mass is 16.5. The zero-order valence-corrected chi connectivity index (χ0v) is 18.7. The molecule has 3 rings (SSSR count). The number of carbonyl (C=O) groups is 2. The number of phenols is 1. The Morgan fingerprint density at radius 3 is 2.38 bits per heavy atom. The van der Waals surface area contributed by atoms with Crippen LogP contribution in [0.25, 0.3) is 5.76 Å². The lowest BCUT2D eigenvalue weighted by Gasteiger charge is -2.26. The van der Waals surface area contributed by atoms with Gasteiger partial charge in [-0.3, -0.25) is 9.59 Å². The summed E-state index contributed by atoms with van der Waals surface area (Å²) in [5, 5.41) is 21.5. The highest BCUT2D eigenvalue weighted by Crippen LogP contribution is 2.41. The lowest BCUT2D eigenvalue weighted by Crippen LogP contribution is -2.33. The van der Waals surface area contributed by atoms with Gasteiger partial charge in [-0.2, -0.15) is 0 Å². The molecular formula is C25H30N2O5. The molecule has 7 nitrogen and oxygen atoms in total. The number of amides is 1. The zero-order chi connectivity index (χ0) is 23.3. The summed E-state index contributed by atoms with van der Waals surface area (Å²) in [6, 6.07) is 12.8. The Morgan fingerprint density at radius 2 is 1.78 bits per heavy atom. The molecule has 0 bridgehead atoms. The van der Waals surface area contributed by atoms with Crippen molar-refractivity contribution < 1.29 is 24.5 Å². The number of benzene rings is 2. The third kappa shape index (κ3) is 4.62. The highest BCUT2D eigenvalue weighted by Gasteiger charge is 2.46. The molecule has 170 valence electrons. The number of aliphatic hydroxyl groups is 1. The van der Waals surface area contributed by atoms with Gasteiger partial charge in [0.05, 0.1) is 24.3 Å². The van der Waals surface area contributed by atoms with Gasteiger partial charge in [0, 0.05) is 12.6 Å². The van der Waals surface area contributed by atoms with E-state index in [1.165, 1.54) is 24.1 Å². The Hall–Kier alpha value is -3.32. The van der Waals surface area contributed by atoms with Crippen LogP contribution in [0.5, 0.6) is 11.5 Å². The molecule has 32 heavy (non-hydrogen) atoms. The van der Waals surface area contributed by atoms with E-state index in [9.17, 15) is 19.8 Å². The quantitative estimate of drug-likeness (QED) is 0.354. The fourth-order valence-electron chi connectivity index (χ4n) is 4.08. The van der Waals surface area contributed by atoms with Gasteiger partial charge in [0.2, 0.25) is 0 Å². The van der Waals surface area contributed by atoms with Gasteiger partial charge in [-0.15, -0.1) is 0 Å². The Labute approximate surface area is 188 Å². The van der Waals surface area contributed by atoms with Crippen LogP contribution in [0.3, 0.4) is 0 Å². The number of likely N-dealkylation sites (tertiary alicyclic amines) is 1. The monoisotopic (exact) mass is 438 g/mol. The van der Waals surface area contributed by atoms with E-state index in [1.807, 2.05) is 30.3 Å². The van der Waals surface area contributed by atoms with Crippen molar-refractivity contribution in [1.29, 1.82) is 0 Å². The topological polar surface area (TPSA) is 90.3 Å². The standard InChI is InChI=1S/C25H30N2O5/c1-4-26(5-2)14-9-15-27-22(17-10-7-6-8-11-17)21(24(30)25(27)31)23(29)19-13-12-18(32-3)16-20(19)28/h6-8,10-13,16,22,28-29H,4-5,9,14-15H2,1-3H3/t22-/m0/s1. The van der Waals surface area contributed by atoms with E-state index in [4.69, 9.17) is 4.74 Å². The van der Waals surface area contributed by atoms with E-state index in [-0.39, 0.29) is 16.9 Å². The van der Waals surface area contributed by atoms with Crippen LogP contribution in [-0.2, 0) is 9.59 Å². The Balaban J connectivity index is 2.03. The van der Waals surface area contributed by atoms with Crippen LogP contribution >= 0.6 is 0 Å². The number of ketones is 1. The molecule has 1 amide bonds. The number of rotatable bonds is 9. The Morgan fingerprint density at radius 1 is 1.09 bits per heavy atom. The third-order valence-electron chi connectivity index (χ3n) is 5.88. The molecule has 0 saturated carbocycles. The van der Waals surface area contributed by atoms with Gasteiger partial charge in [-0.1, -0.05) is 44.2 Å². The maximum Gasteiger partial charge on any atom is 0.295 e. The number of aliphatic hydroxyl groups excluding tert-OH is 1. The summed E-state index contributed by atoms with van der Waals surface area (Å²) in [6.45, 7) is 7.17. The molecule has 1 heterocycles. The molecule has 0 radical (unpaired) electrons. The first-order valence-electron chi connectivity index (χ1n) is 10.9. The van der Waals surface area contributed by atoms with Crippen LogP contribution in [0, 0.1) is 0 Å². The fraction of sp³-hybridized carbons (Fsp3) is 0.360. The number of Topliss-reactive ketones (excluding diaryl/α,β-unsaturated/α-hetero) is 1. The Bertz CT molecular complexity index is 999. The number of carbonyl (C=O) groups excluding carboxylic acids is 2. The van der Waals surface area contributed by atoms with E-state index in [2.05, 4.69) is 18.7 Å². The molecule has 0 spiro atoms. The van der Waals surface area contributed by atoms with Crippen molar-refractivity contribution in [1.82, 2.24) is 9.80 Å². The number of ether oxygens (including phenoxy) is 1. The largest absolute Gasteiger partial charge is 0.507 e. The minimum atomic E-state index is -0.755. The summed E-state index contributed by atoms with van der Waals surface area (Å²) in [5.41, 5.74) is 0.779. The fourth-order valence-corrected chi connectivity index (χ4v) is 4.08. The van der Waals surface area contributed by atoms with Crippen molar-refractivity contribution in [2.24, 2.45) is 0 Å². The molecule has 2 aromatic rings. The van der Waals surface area contributed by atoms with Gasteiger partial charge in [-0.25, -0.2) is 0 Å². The molecule has 2 aromatic carbocycles. The number of nitrogens with zero attached hydrogens (tertiary/aromatic N) is 2. The van der Waals surface area contributed by atoms with Gasteiger partial charge in [0.1, 0.15) is 17.3 Å². The summed E-state index contributed by atoms with van der Waals surface area (Å²) in [6.07, 6.45) is 0.700. The molecule has 0 aliphatic carbocycles. The van der Waals surface area contributed by atoms with Crippen molar-refractivity contribution in [3.05, 3.63) is 65.2 Å². The number of methoxy groups -OCH3 is 1. The van der Waals surface area contributed by atoms with Crippen LogP contribution in [-0.4, -0.2) is 65.0 Å². The number of hydrogen-bond acceptors (Lipinski definition) is 6. The van der Waals surface area contributed by atoms with Crippen LogP contribution in [0.15, 0.2) is 54.1 Å². The minimum absolute atomic E-state index is 0.0236. The number of hydrogen-bond donors (Lipinski definition) is 2. The van der Waals surface area contributed by atoms with E-state index >= 15 is 0 Å². The zero-order valence-electron chi connectivity index (χ0n) is 18.7. The molecule has 0 aromatic heterocycles. The minimum Gasteiger partial charge on any atom is -0.507 e. The van der Waals surface area contributed by atoms with Gasteiger partial charge in [-0.05, 0) is 43.8 Å². The molecular weight excluding hydrogens is 408 g/mol. The predicted octanol–water partition coefficient (Wildman–Crippen LogP) is 3.55. The van der Waals surface area contributed by atoms with Gasteiger partial charge in [0.15, 0.2) is 0 Å². The average Bonchev–Trinajstić information content (AvgIpc) is 3.06. The summed E-state index contributed by atoms with van der Waals surface area (Å²) in [7, 11) is 1.47. The van der Waals surface area contributed by atoms with Crippen LogP contribution in [0.2, 0.25) is 0 Å². The van der Waals surface area contributed by atoms with Crippen molar-refractivity contribution >= 4 is 17.4 Å². The smallest absolute Gasteiger partial charge is 0.295 e. The predicted molar refractivity (Wildman–Crippen MR) is 123 cm³/mol. The average molecular weight is 439 g/mol. The normalized spacial score (nSPS) is 17.9. The van der Waals surface area contributed by atoms with E-state index in [1.54, 1.807) is 6.07 Å². The van der Waals surface area contributed by atoms with E-state index < -0.39 is 23.5 Å². The molecule has 1 fully saturated rings. The molecule has 0 unspecified atom stereocenters. The number of aromatic hydroxyl groups is 1. The molecule has 2 N–H and O–H groups in total. The second kappa shape index (κ2) is 10.3. The lowest BCUT2D eigenvalue weighted by atomic mass is 9.95. The molecule has 1 aliphatic rings. The maximum absolute atomic E-state index is 13.0. The SMILES string of the molecule is CCN(CC)CCCN1C(=O)C(=O)C(=C(O)c2ccc(OC)cc2O)[C@@H]1c1ccccc1. The second-order valence-corrected chi connectivity index (χ2v) is 7.67. The second-order valence-electron chi connectivity index (χ2n) is 7.67. The summed E-state index contributed by atoms with van der Waals surface area (Å²) < 4.78 is 5.09. The molecule has 1 aliphatic heterocycles. The summed E-state index contributed by atoms with van der Waals surface area (Å²) >= 11 is 0. The summed E-state index contributed by atoms with van der Waals surface area (Å²) in [5.74, 6) is -1.62. The van der Waals surface area contributed by atoms with Crippen molar-refractivity contribution in [3.63, 3.8) is 0 Å². The van der Waals surface area contributed by atoms with E-state index in [0.29, 0.717) is 18.7 Å². The number of phenolic OH excluding ortho intramolecular Hbond substituents is 1. The van der Waals surface area contributed by atoms with Crippen LogP contribution < -0.4 is 4.74 Å². The first kappa shape index (κ1) is 23.3. The molecule has 1 saturated heterocycles. The van der Waals surface area contributed by atoms with Crippen LogP contribution in [0.4, 0.5) is 0 Å². The lowest BCUT2D eigenvalue weighted by molar-refractivity contribution is -0.140. The summed E-state index contributed by atoms with van der Waals surface area (Å²) in [4.78, 5) is 29.8.